The molecule has 0 nitrogen and oxygen atoms in total. The standard InChI is InChI=1S/C8H16S3/c9-4-2-1-3-8-7-10-5-6-11-8/h8-9H,1-7H2. The third kappa shape index (κ3) is 4.58. The van der Waals surface area contributed by atoms with E-state index in [1.807, 2.05) is 0 Å². The van der Waals surface area contributed by atoms with Crippen LogP contribution in [0.2, 0.25) is 0 Å². The third-order valence-electron chi connectivity index (χ3n) is 1.82. The Morgan fingerprint density at radius 1 is 1.27 bits per heavy atom. The van der Waals surface area contributed by atoms with Crippen molar-refractivity contribution in [3.63, 3.8) is 0 Å². The van der Waals surface area contributed by atoms with Crippen LogP contribution < -0.4 is 0 Å². The highest BCUT2D eigenvalue weighted by molar-refractivity contribution is 8.06. The van der Waals surface area contributed by atoms with Gasteiger partial charge in [-0.25, -0.2) is 0 Å². The minimum atomic E-state index is 0.952. The van der Waals surface area contributed by atoms with Gasteiger partial charge in [0.15, 0.2) is 0 Å². The summed E-state index contributed by atoms with van der Waals surface area (Å²) in [6, 6.07) is 0. The molecule has 1 rings (SSSR count). The van der Waals surface area contributed by atoms with Crippen LogP contribution in [0.1, 0.15) is 19.3 Å². The first-order valence-electron chi connectivity index (χ1n) is 4.23. The van der Waals surface area contributed by atoms with Crippen molar-refractivity contribution in [2.75, 3.05) is 23.0 Å². The summed E-state index contributed by atoms with van der Waals surface area (Å²) in [6.07, 6.45) is 4.09. The fourth-order valence-electron chi connectivity index (χ4n) is 1.19. The molecule has 0 bridgehead atoms. The lowest BCUT2D eigenvalue weighted by Crippen LogP contribution is -2.13. The van der Waals surface area contributed by atoms with Crippen LogP contribution in [0.3, 0.4) is 0 Å². The van der Waals surface area contributed by atoms with Gasteiger partial charge >= 0.3 is 0 Å². The summed E-state index contributed by atoms with van der Waals surface area (Å²) in [4.78, 5) is 0. The molecule has 1 unspecified atom stereocenters. The average molecular weight is 208 g/mol. The fraction of sp³-hybridized carbons (Fsp3) is 1.00. The van der Waals surface area contributed by atoms with Crippen molar-refractivity contribution in [2.24, 2.45) is 0 Å². The molecule has 3 heteroatoms. The van der Waals surface area contributed by atoms with Crippen LogP contribution in [0.25, 0.3) is 0 Å². The van der Waals surface area contributed by atoms with Gasteiger partial charge in [0.2, 0.25) is 0 Å². The summed E-state index contributed by atoms with van der Waals surface area (Å²) >= 11 is 8.50. The molecule has 0 aromatic rings. The Bertz CT molecular complexity index is 89.3. The topological polar surface area (TPSA) is 0 Å². The first-order chi connectivity index (χ1) is 5.43. The molecule has 1 aliphatic heterocycles. The van der Waals surface area contributed by atoms with Crippen molar-refractivity contribution in [1.29, 1.82) is 0 Å². The second-order valence-electron chi connectivity index (χ2n) is 2.79. The number of rotatable bonds is 4. The van der Waals surface area contributed by atoms with Crippen LogP contribution in [-0.4, -0.2) is 28.3 Å². The zero-order valence-electron chi connectivity index (χ0n) is 6.79. The van der Waals surface area contributed by atoms with E-state index in [4.69, 9.17) is 0 Å². The monoisotopic (exact) mass is 208 g/mol. The molecule has 1 fully saturated rings. The number of thiol groups is 1. The summed E-state index contributed by atoms with van der Waals surface area (Å²) in [6.45, 7) is 0. The van der Waals surface area contributed by atoms with Gasteiger partial charge in [0, 0.05) is 22.5 Å². The van der Waals surface area contributed by atoms with Gasteiger partial charge in [0.25, 0.3) is 0 Å². The van der Waals surface area contributed by atoms with E-state index < -0.39 is 0 Å². The number of thioether (sulfide) groups is 2. The predicted octanol–water partition coefficient (Wildman–Crippen LogP) is 2.94. The lowest BCUT2D eigenvalue weighted by atomic mass is 10.2. The van der Waals surface area contributed by atoms with Crippen LogP contribution in [0, 0.1) is 0 Å². The normalized spacial score (nSPS) is 25.4. The molecule has 1 atom stereocenters. The van der Waals surface area contributed by atoms with E-state index in [0.29, 0.717) is 0 Å². The smallest absolute Gasteiger partial charge is 0.0138 e. The minimum absolute atomic E-state index is 0.952. The largest absolute Gasteiger partial charge is 0.179 e. The van der Waals surface area contributed by atoms with Crippen molar-refractivity contribution in [3.05, 3.63) is 0 Å². The third-order valence-corrected chi connectivity index (χ3v) is 5.05. The molecule has 0 amide bonds. The van der Waals surface area contributed by atoms with Gasteiger partial charge in [-0.2, -0.15) is 36.2 Å². The van der Waals surface area contributed by atoms with Crippen LogP contribution >= 0.6 is 36.2 Å². The highest BCUT2D eigenvalue weighted by Gasteiger charge is 2.12. The molecule has 0 radical (unpaired) electrons. The maximum Gasteiger partial charge on any atom is 0.0138 e. The summed E-state index contributed by atoms with van der Waals surface area (Å²) in [7, 11) is 0. The molecule has 0 saturated carbocycles. The van der Waals surface area contributed by atoms with E-state index in [9.17, 15) is 0 Å². The van der Waals surface area contributed by atoms with Gasteiger partial charge in [-0.3, -0.25) is 0 Å². The summed E-state index contributed by atoms with van der Waals surface area (Å²) in [5, 5.41) is 0.952. The average Bonchev–Trinajstić information content (AvgIpc) is 2.07. The Labute approximate surface area is 83.7 Å². The number of hydrogen-bond donors (Lipinski definition) is 1. The molecule has 0 aromatic heterocycles. The molecule has 66 valence electrons. The Hall–Kier alpha value is 1.05. The van der Waals surface area contributed by atoms with Crippen molar-refractivity contribution in [1.82, 2.24) is 0 Å². The Balaban J connectivity index is 1.96. The van der Waals surface area contributed by atoms with Gasteiger partial charge in [-0.1, -0.05) is 6.42 Å². The van der Waals surface area contributed by atoms with Crippen LogP contribution in [-0.2, 0) is 0 Å². The molecular weight excluding hydrogens is 192 g/mol. The molecule has 0 aromatic carbocycles. The highest BCUT2D eigenvalue weighted by atomic mass is 32.2. The van der Waals surface area contributed by atoms with Crippen molar-refractivity contribution < 1.29 is 0 Å². The van der Waals surface area contributed by atoms with E-state index in [1.165, 1.54) is 36.5 Å². The zero-order valence-corrected chi connectivity index (χ0v) is 9.32. The molecule has 0 N–H and O–H groups in total. The molecule has 1 saturated heterocycles. The molecule has 11 heavy (non-hydrogen) atoms. The van der Waals surface area contributed by atoms with E-state index >= 15 is 0 Å². The first kappa shape index (κ1) is 10.1. The van der Waals surface area contributed by atoms with Crippen LogP contribution in [0.4, 0.5) is 0 Å². The molecule has 0 spiro atoms. The summed E-state index contributed by atoms with van der Waals surface area (Å²) in [5.74, 6) is 5.19. The highest BCUT2D eigenvalue weighted by Crippen LogP contribution is 2.27. The fourth-order valence-corrected chi connectivity index (χ4v) is 4.20. The van der Waals surface area contributed by atoms with Crippen molar-refractivity contribution in [2.45, 2.75) is 24.5 Å². The number of hydrogen-bond acceptors (Lipinski definition) is 3. The Morgan fingerprint density at radius 2 is 2.18 bits per heavy atom. The van der Waals surface area contributed by atoms with Crippen molar-refractivity contribution in [3.8, 4) is 0 Å². The van der Waals surface area contributed by atoms with E-state index in [1.54, 1.807) is 0 Å². The van der Waals surface area contributed by atoms with Crippen LogP contribution in [0.5, 0.6) is 0 Å². The lowest BCUT2D eigenvalue weighted by molar-refractivity contribution is 0.722. The van der Waals surface area contributed by atoms with E-state index in [2.05, 4.69) is 36.2 Å². The first-order valence-corrected chi connectivity index (χ1v) is 7.07. The van der Waals surface area contributed by atoms with Crippen LogP contribution in [0.15, 0.2) is 0 Å². The summed E-state index contributed by atoms with van der Waals surface area (Å²) in [5.41, 5.74) is 0. The maximum atomic E-state index is 4.21. The van der Waals surface area contributed by atoms with Gasteiger partial charge in [-0.15, -0.1) is 0 Å². The minimum Gasteiger partial charge on any atom is -0.179 e. The maximum absolute atomic E-state index is 4.21. The molecule has 0 aliphatic carbocycles. The lowest BCUT2D eigenvalue weighted by Gasteiger charge is -2.20. The van der Waals surface area contributed by atoms with Gasteiger partial charge in [0.1, 0.15) is 0 Å². The van der Waals surface area contributed by atoms with E-state index in [-0.39, 0.29) is 0 Å². The van der Waals surface area contributed by atoms with Gasteiger partial charge < -0.3 is 0 Å². The quantitative estimate of drug-likeness (QED) is 0.557. The van der Waals surface area contributed by atoms with Crippen molar-refractivity contribution >= 4 is 36.2 Å². The molecule has 1 aliphatic rings. The Morgan fingerprint density at radius 3 is 2.82 bits per heavy atom. The Kier molecular flexibility index (Phi) is 6.04. The second kappa shape index (κ2) is 6.55. The summed E-state index contributed by atoms with van der Waals surface area (Å²) < 4.78 is 0. The molecule has 1 heterocycles. The SMILES string of the molecule is SCCCCC1CSCCS1. The second-order valence-corrected chi connectivity index (χ2v) is 5.79. The number of unbranched alkanes of at least 4 members (excludes halogenated alkanes) is 1. The zero-order chi connectivity index (χ0) is 7.94. The van der Waals surface area contributed by atoms with Gasteiger partial charge in [0.05, 0.1) is 0 Å². The predicted molar refractivity (Wildman–Crippen MR) is 61.3 cm³/mol. The van der Waals surface area contributed by atoms with E-state index in [0.717, 1.165) is 11.0 Å². The molecular formula is C8H16S3. The van der Waals surface area contributed by atoms with Gasteiger partial charge in [-0.05, 0) is 18.6 Å².